The van der Waals surface area contributed by atoms with Gasteiger partial charge in [0.25, 0.3) is 10.0 Å². The molecule has 0 aromatic heterocycles. The molecular formula is C16H24N2O2S. The van der Waals surface area contributed by atoms with Crippen molar-refractivity contribution >= 4 is 15.9 Å². The first-order valence-electron chi connectivity index (χ1n) is 7.58. The van der Waals surface area contributed by atoms with Crippen LogP contribution in [-0.2, 0) is 10.0 Å². The molecule has 1 aliphatic carbocycles. The lowest BCUT2D eigenvalue weighted by Crippen LogP contribution is -2.29. The summed E-state index contributed by atoms with van der Waals surface area (Å²) in [5.41, 5.74) is 1.04. The van der Waals surface area contributed by atoms with E-state index in [-0.39, 0.29) is 4.90 Å². The Kier molecular flexibility index (Phi) is 5.39. The standard InChI is InChI=1S/C16H24N2O2S/c1-13-8-10-16(11-9-13)21(19,20)18-14(2)17-12-15-6-4-3-5-7-15/h8-11,15H,3-7,12H2,1-2H3,(H,17,18). The second-order valence-electron chi connectivity index (χ2n) is 5.85. The molecule has 0 radical (unpaired) electrons. The molecule has 0 atom stereocenters. The van der Waals surface area contributed by atoms with Gasteiger partial charge in [-0.05, 0) is 44.7 Å². The summed E-state index contributed by atoms with van der Waals surface area (Å²) in [6.45, 7) is 4.37. The largest absolute Gasteiger partial charge is 0.272 e. The summed E-state index contributed by atoms with van der Waals surface area (Å²) in [6.07, 6.45) is 6.28. The van der Waals surface area contributed by atoms with Gasteiger partial charge < -0.3 is 0 Å². The molecule has 0 amide bonds. The number of sulfonamides is 1. The van der Waals surface area contributed by atoms with Crippen molar-refractivity contribution in [1.82, 2.24) is 4.72 Å². The fourth-order valence-electron chi connectivity index (χ4n) is 2.64. The highest BCUT2D eigenvalue weighted by atomic mass is 32.2. The Morgan fingerprint density at radius 2 is 1.81 bits per heavy atom. The quantitative estimate of drug-likeness (QED) is 0.685. The van der Waals surface area contributed by atoms with Crippen LogP contribution in [0.15, 0.2) is 34.2 Å². The Morgan fingerprint density at radius 1 is 1.19 bits per heavy atom. The van der Waals surface area contributed by atoms with Crippen LogP contribution >= 0.6 is 0 Å². The zero-order chi connectivity index (χ0) is 15.3. The maximum Gasteiger partial charge on any atom is 0.262 e. The van der Waals surface area contributed by atoms with E-state index >= 15 is 0 Å². The summed E-state index contributed by atoms with van der Waals surface area (Å²) in [6, 6.07) is 6.82. The van der Waals surface area contributed by atoms with Gasteiger partial charge in [0.1, 0.15) is 5.84 Å². The molecule has 1 aliphatic rings. The van der Waals surface area contributed by atoms with Crippen molar-refractivity contribution in [2.24, 2.45) is 10.9 Å². The van der Waals surface area contributed by atoms with Gasteiger partial charge in [0.05, 0.1) is 4.90 Å². The molecule has 0 heterocycles. The molecule has 0 unspecified atom stereocenters. The molecule has 0 spiro atoms. The van der Waals surface area contributed by atoms with Gasteiger partial charge in [-0.3, -0.25) is 9.71 Å². The van der Waals surface area contributed by atoms with Crippen LogP contribution in [0.5, 0.6) is 0 Å². The topological polar surface area (TPSA) is 58.5 Å². The predicted molar refractivity (Wildman–Crippen MR) is 86.1 cm³/mol. The lowest BCUT2D eigenvalue weighted by Gasteiger charge is -2.19. The maximum atomic E-state index is 12.2. The van der Waals surface area contributed by atoms with E-state index in [0.29, 0.717) is 11.8 Å². The third-order valence-corrected chi connectivity index (χ3v) is 5.38. The van der Waals surface area contributed by atoms with E-state index in [1.54, 1.807) is 31.2 Å². The molecule has 116 valence electrons. The van der Waals surface area contributed by atoms with Crippen molar-refractivity contribution in [2.45, 2.75) is 50.8 Å². The lowest BCUT2D eigenvalue weighted by atomic mass is 9.89. The third kappa shape index (κ3) is 4.84. The first-order valence-corrected chi connectivity index (χ1v) is 9.06. The molecule has 1 aromatic carbocycles. The summed E-state index contributed by atoms with van der Waals surface area (Å²) in [4.78, 5) is 4.68. The minimum absolute atomic E-state index is 0.278. The number of benzene rings is 1. The minimum atomic E-state index is -3.51. The molecule has 0 saturated heterocycles. The van der Waals surface area contributed by atoms with Crippen LogP contribution in [0.3, 0.4) is 0 Å². The van der Waals surface area contributed by atoms with Crippen molar-refractivity contribution in [1.29, 1.82) is 0 Å². The van der Waals surface area contributed by atoms with Gasteiger partial charge in [-0.15, -0.1) is 0 Å². The molecule has 2 rings (SSSR count). The second-order valence-corrected chi connectivity index (χ2v) is 7.53. The number of rotatable bonds is 4. The summed E-state index contributed by atoms with van der Waals surface area (Å²) in [5.74, 6) is 1.08. The molecule has 5 heteroatoms. The summed E-state index contributed by atoms with van der Waals surface area (Å²) >= 11 is 0. The molecule has 1 aromatic rings. The Bertz CT molecular complexity index is 585. The van der Waals surface area contributed by atoms with Crippen molar-refractivity contribution in [3.05, 3.63) is 29.8 Å². The van der Waals surface area contributed by atoms with Crippen molar-refractivity contribution in [3.63, 3.8) is 0 Å². The van der Waals surface area contributed by atoms with Crippen molar-refractivity contribution in [2.75, 3.05) is 6.54 Å². The van der Waals surface area contributed by atoms with Crippen LogP contribution in [-0.4, -0.2) is 20.8 Å². The van der Waals surface area contributed by atoms with Crippen LogP contribution in [0.2, 0.25) is 0 Å². The Morgan fingerprint density at radius 3 is 2.43 bits per heavy atom. The monoisotopic (exact) mass is 308 g/mol. The molecule has 21 heavy (non-hydrogen) atoms. The average molecular weight is 308 g/mol. The van der Waals surface area contributed by atoms with Gasteiger partial charge in [0, 0.05) is 6.54 Å². The zero-order valence-electron chi connectivity index (χ0n) is 12.8. The Balaban J connectivity index is 1.96. The normalized spacial score (nSPS) is 17.7. The molecule has 1 fully saturated rings. The second kappa shape index (κ2) is 7.07. The molecule has 4 nitrogen and oxygen atoms in total. The highest BCUT2D eigenvalue weighted by molar-refractivity contribution is 7.90. The number of aryl methyl sites for hydroxylation is 1. The van der Waals surface area contributed by atoms with Crippen LogP contribution in [0.25, 0.3) is 0 Å². The fraction of sp³-hybridized carbons (Fsp3) is 0.562. The fourth-order valence-corrected chi connectivity index (χ4v) is 3.70. The van der Waals surface area contributed by atoms with E-state index in [1.165, 1.54) is 32.1 Å². The molecule has 0 bridgehead atoms. The Labute approximate surface area is 127 Å². The van der Waals surface area contributed by atoms with Gasteiger partial charge in [-0.2, -0.15) is 0 Å². The van der Waals surface area contributed by atoms with Crippen molar-refractivity contribution in [3.8, 4) is 0 Å². The van der Waals surface area contributed by atoms with E-state index in [1.807, 2.05) is 6.92 Å². The first kappa shape index (κ1) is 16.0. The van der Waals surface area contributed by atoms with E-state index < -0.39 is 10.0 Å². The van der Waals surface area contributed by atoms with Crippen LogP contribution in [0.1, 0.15) is 44.6 Å². The lowest BCUT2D eigenvalue weighted by molar-refractivity contribution is 0.367. The molecular weight excluding hydrogens is 284 g/mol. The van der Waals surface area contributed by atoms with Crippen molar-refractivity contribution < 1.29 is 8.42 Å². The van der Waals surface area contributed by atoms with E-state index in [2.05, 4.69) is 9.71 Å². The number of nitrogens with zero attached hydrogens (tertiary/aromatic N) is 1. The van der Waals surface area contributed by atoms with Crippen LogP contribution in [0.4, 0.5) is 0 Å². The summed E-state index contributed by atoms with van der Waals surface area (Å²) < 4.78 is 27.0. The first-order chi connectivity index (χ1) is 9.97. The third-order valence-electron chi connectivity index (χ3n) is 3.92. The van der Waals surface area contributed by atoms with E-state index in [4.69, 9.17) is 0 Å². The SMILES string of the molecule is CC(=NCC1CCCCC1)NS(=O)(=O)c1ccc(C)cc1. The van der Waals surface area contributed by atoms with E-state index in [9.17, 15) is 8.42 Å². The minimum Gasteiger partial charge on any atom is -0.272 e. The van der Waals surface area contributed by atoms with Crippen LogP contribution < -0.4 is 4.72 Å². The highest BCUT2D eigenvalue weighted by Crippen LogP contribution is 2.23. The number of nitrogens with one attached hydrogen (secondary N) is 1. The smallest absolute Gasteiger partial charge is 0.262 e. The average Bonchev–Trinajstić information content (AvgIpc) is 2.46. The van der Waals surface area contributed by atoms with E-state index in [0.717, 1.165) is 12.1 Å². The van der Waals surface area contributed by atoms with Crippen LogP contribution in [0, 0.1) is 12.8 Å². The van der Waals surface area contributed by atoms with Gasteiger partial charge in [-0.25, -0.2) is 8.42 Å². The molecule has 1 saturated carbocycles. The zero-order valence-corrected chi connectivity index (χ0v) is 13.6. The molecule has 0 aliphatic heterocycles. The number of aliphatic imine (C=N–C) groups is 1. The van der Waals surface area contributed by atoms with Gasteiger partial charge >= 0.3 is 0 Å². The number of hydrogen-bond donors (Lipinski definition) is 1. The highest BCUT2D eigenvalue weighted by Gasteiger charge is 2.15. The van der Waals surface area contributed by atoms with Gasteiger partial charge in [0.2, 0.25) is 0 Å². The summed E-state index contributed by atoms with van der Waals surface area (Å²) in [5, 5.41) is 0. The maximum absolute atomic E-state index is 12.2. The molecule has 1 N–H and O–H groups in total. The number of amidine groups is 1. The Hall–Kier alpha value is -1.36. The number of hydrogen-bond acceptors (Lipinski definition) is 3. The van der Waals surface area contributed by atoms with Gasteiger partial charge in [0.15, 0.2) is 0 Å². The van der Waals surface area contributed by atoms with Gasteiger partial charge in [-0.1, -0.05) is 37.0 Å². The predicted octanol–water partition coefficient (Wildman–Crippen LogP) is 3.27. The summed E-state index contributed by atoms with van der Waals surface area (Å²) in [7, 11) is -3.51.